The fourth-order valence-electron chi connectivity index (χ4n) is 3.08. The average molecular weight is 344 g/mol. The van der Waals surface area contributed by atoms with Gasteiger partial charge in [0.05, 0.1) is 6.54 Å². The highest BCUT2D eigenvalue weighted by atomic mass is 16.5. The van der Waals surface area contributed by atoms with Crippen LogP contribution in [0.15, 0.2) is 52.1 Å². The highest BCUT2D eigenvalue weighted by Crippen LogP contribution is 2.40. The van der Waals surface area contributed by atoms with Crippen molar-refractivity contribution in [3.63, 3.8) is 0 Å². The summed E-state index contributed by atoms with van der Waals surface area (Å²) in [5, 5.41) is 0. The second-order valence-electron chi connectivity index (χ2n) is 7.40. The molecule has 1 aliphatic carbocycles. The van der Waals surface area contributed by atoms with Crippen molar-refractivity contribution in [1.82, 2.24) is 0 Å². The van der Waals surface area contributed by atoms with Crippen molar-refractivity contribution in [2.45, 2.75) is 60.8 Å². The van der Waals surface area contributed by atoms with Crippen molar-refractivity contribution in [2.24, 2.45) is 10.4 Å². The first-order valence-electron chi connectivity index (χ1n) is 9.10. The number of carbonyl (C=O) groups excluding carboxylic acids is 1. The van der Waals surface area contributed by atoms with E-state index in [1.165, 1.54) is 42.9 Å². The van der Waals surface area contributed by atoms with Gasteiger partial charge in [-0.05, 0) is 57.1 Å². The van der Waals surface area contributed by atoms with Crippen molar-refractivity contribution in [3.05, 3.63) is 47.1 Å². The summed E-state index contributed by atoms with van der Waals surface area (Å²) in [6.45, 7) is 13.2. The molecule has 0 saturated heterocycles. The van der Waals surface area contributed by atoms with E-state index >= 15 is 0 Å². The van der Waals surface area contributed by atoms with Crippen molar-refractivity contribution in [3.8, 4) is 0 Å². The molecule has 0 radical (unpaired) electrons. The zero-order valence-corrected chi connectivity index (χ0v) is 16.7. The van der Waals surface area contributed by atoms with Gasteiger partial charge in [0, 0.05) is 12.6 Å². The van der Waals surface area contributed by atoms with Gasteiger partial charge in [0.1, 0.15) is 6.61 Å². The Kier molecular flexibility index (Phi) is 8.60. The van der Waals surface area contributed by atoms with E-state index in [4.69, 9.17) is 4.74 Å². The van der Waals surface area contributed by atoms with E-state index < -0.39 is 0 Å². The molecule has 0 aromatic rings. The zero-order chi connectivity index (χ0) is 18.9. The summed E-state index contributed by atoms with van der Waals surface area (Å²) in [7, 11) is 0. The average Bonchev–Trinajstić information content (AvgIpc) is 2.50. The van der Waals surface area contributed by atoms with Crippen molar-refractivity contribution in [2.75, 3.05) is 13.2 Å². The lowest BCUT2D eigenvalue weighted by molar-refractivity contribution is -0.140. The molecule has 1 rings (SSSR count). The monoisotopic (exact) mass is 343 g/mol. The molecule has 0 N–H and O–H groups in total. The Morgan fingerprint density at radius 2 is 1.96 bits per heavy atom. The molecule has 0 heterocycles. The molecule has 0 spiro atoms. The minimum Gasteiger partial charge on any atom is -0.464 e. The number of nitrogens with zero attached hydrogens (tertiary/aromatic N) is 1. The number of aliphatic imine (C=N–C) groups is 1. The van der Waals surface area contributed by atoms with Crippen molar-refractivity contribution < 1.29 is 9.53 Å². The molecule has 3 heteroatoms. The lowest BCUT2D eigenvalue weighted by atomic mass is 9.72. The van der Waals surface area contributed by atoms with E-state index in [-0.39, 0.29) is 11.4 Å². The van der Waals surface area contributed by atoms with Crippen LogP contribution in [0, 0.1) is 5.41 Å². The summed E-state index contributed by atoms with van der Waals surface area (Å²) in [6.07, 6.45) is 14.3. The van der Waals surface area contributed by atoms with E-state index in [0.717, 1.165) is 5.71 Å². The van der Waals surface area contributed by atoms with Crippen molar-refractivity contribution in [1.29, 1.82) is 0 Å². The predicted molar refractivity (Wildman–Crippen MR) is 107 cm³/mol. The van der Waals surface area contributed by atoms with Crippen LogP contribution in [0.25, 0.3) is 0 Å². The molecule has 1 aliphatic rings. The fraction of sp³-hybridized carbons (Fsp3) is 0.545. The van der Waals surface area contributed by atoms with Crippen LogP contribution >= 0.6 is 0 Å². The maximum absolute atomic E-state index is 10.7. The van der Waals surface area contributed by atoms with E-state index in [0.29, 0.717) is 13.2 Å². The number of hydrogen-bond acceptors (Lipinski definition) is 3. The molecular formula is C22H33NO2. The van der Waals surface area contributed by atoms with E-state index in [1.54, 1.807) is 0 Å². The molecule has 0 aromatic carbocycles. The van der Waals surface area contributed by atoms with Crippen LogP contribution in [-0.4, -0.2) is 24.8 Å². The Bertz CT molecular complexity index is 616. The molecule has 0 unspecified atom stereocenters. The van der Waals surface area contributed by atoms with E-state index in [2.05, 4.69) is 50.9 Å². The molecule has 0 saturated carbocycles. The van der Waals surface area contributed by atoms with E-state index in [9.17, 15) is 4.79 Å². The first-order chi connectivity index (χ1) is 11.7. The lowest BCUT2D eigenvalue weighted by Gasteiger charge is -2.32. The Morgan fingerprint density at radius 3 is 2.60 bits per heavy atom. The molecule has 0 fully saturated rings. The Labute approximate surface area is 153 Å². The summed E-state index contributed by atoms with van der Waals surface area (Å²) < 4.78 is 4.85. The standard InChI is InChI=1S/C22H33NO2/c1-17(9-7-11-19(3)23-15-16-25-20(4)24)12-13-21-18(2)10-8-14-22(21,5)6/h7,9,11-13H,8,10,14-16H2,1-6H3. The second-order valence-corrected chi connectivity index (χ2v) is 7.40. The number of allylic oxidation sites excluding steroid dienone is 8. The third-order valence-corrected chi connectivity index (χ3v) is 4.51. The first kappa shape index (κ1) is 21.1. The molecule has 0 aromatic heterocycles. The van der Waals surface area contributed by atoms with Gasteiger partial charge in [0.15, 0.2) is 0 Å². The normalized spacial score (nSPS) is 19.1. The van der Waals surface area contributed by atoms with Gasteiger partial charge in [-0.1, -0.05) is 49.3 Å². The molecule has 0 atom stereocenters. The number of carbonyl (C=O) groups is 1. The van der Waals surface area contributed by atoms with Gasteiger partial charge >= 0.3 is 5.97 Å². The summed E-state index contributed by atoms with van der Waals surface area (Å²) in [6, 6.07) is 0. The Morgan fingerprint density at radius 1 is 1.24 bits per heavy atom. The number of esters is 1. The van der Waals surface area contributed by atoms with Gasteiger partial charge in [-0.25, -0.2) is 0 Å². The third kappa shape index (κ3) is 8.15. The predicted octanol–water partition coefficient (Wildman–Crippen LogP) is 5.60. The SMILES string of the molecule is CC(=O)OCCN=C(C)C=CC=C(C)C=CC1=C(C)CCCC1(C)C. The first-order valence-corrected chi connectivity index (χ1v) is 9.10. The molecule has 0 aliphatic heterocycles. The molecular weight excluding hydrogens is 310 g/mol. The molecule has 0 bridgehead atoms. The second kappa shape index (κ2) is 10.2. The molecule has 138 valence electrons. The maximum atomic E-state index is 10.7. The van der Waals surface area contributed by atoms with Gasteiger partial charge in [-0.2, -0.15) is 0 Å². The van der Waals surface area contributed by atoms with Crippen LogP contribution in [0.4, 0.5) is 0 Å². The lowest BCUT2D eigenvalue weighted by Crippen LogP contribution is -2.19. The van der Waals surface area contributed by atoms with Gasteiger partial charge in [0.25, 0.3) is 0 Å². The molecule has 3 nitrogen and oxygen atoms in total. The van der Waals surface area contributed by atoms with Crippen LogP contribution in [0.3, 0.4) is 0 Å². The smallest absolute Gasteiger partial charge is 0.302 e. The summed E-state index contributed by atoms with van der Waals surface area (Å²) >= 11 is 0. The van der Waals surface area contributed by atoms with Crippen molar-refractivity contribution >= 4 is 11.7 Å². The summed E-state index contributed by atoms with van der Waals surface area (Å²) in [5.41, 5.74) is 5.42. The largest absolute Gasteiger partial charge is 0.464 e. The number of hydrogen-bond donors (Lipinski definition) is 0. The molecule has 0 amide bonds. The summed E-state index contributed by atoms with van der Waals surface area (Å²) in [5.74, 6) is -0.264. The minimum absolute atomic E-state index is 0.264. The van der Waals surface area contributed by atoms with Gasteiger partial charge in [0.2, 0.25) is 0 Å². The third-order valence-electron chi connectivity index (χ3n) is 4.51. The van der Waals surface area contributed by atoms with E-state index in [1.807, 2.05) is 19.1 Å². The highest BCUT2D eigenvalue weighted by Gasteiger charge is 2.26. The quantitative estimate of drug-likeness (QED) is 0.261. The van der Waals surface area contributed by atoms with Crippen LogP contribution in [0.5, 0.6) is 0 Å². The van der Waals surface area contributed by atoms with Gasteiger partial charge < -0.3 is 4.74 Å². The Balaban J connectivity index is 2.60. The van der Waals surface area contributed by atoms with Crippen LogP contribution in [0.2, 0.25) is 0 Å². The van der Waals surface area contributed by atoms with Gasteiger partial charge in [-0.3, -0.25) is 9.79 Å². The van der Waals surface area contributed by atoms with Gasteiger partial charge in [-0.15, -0.1) is 0 Å². The van der Waals surface area contributed by atoms with Crippen LogP contribution in [-0.2, 0) is 9.53 Å². The summed E-state index contributed by atoms with van der Waals surface area (Å²) in [4.78, 5) is 15.0. The maximum Gasteiger partial charge on any atom is 0.302 e. The highest BCUT2D eigenvalue weighted by molar-refractivity contribution is 5.93. The number of ether oxygens (including phenoxy) is 1. The topological polar surface area (TPSA) is 38.7 Å². The van der Waals surface area contributed by atoms with Crippen LogP contribution < -0.4 is 0 Å². The molecule has 25 heavy (non-hydrogen) atoms. The Hall–Kier alpha value is -1.90. The van der Waals surface area contributed by atoms with Crippen LogP contribution in [0.1, 0.15) is 60.8 Å². The number of rotatable bonds is 7. The minimum atomic E-state index is -0.264. The zero-order valence-electron chi connectivity index (χ0n) is 16.7. The fourth-order valence-corrected chi connectivity index (χ4v) is 3.08.